The third-order valence-electron chi connectivity index (χ3n) is 3.48. The average molecular weight is 236 g/mol. The van der Waals surface area contributed by atoms with Crippen molar-refractivity contribution in [2.24, 2.45) is 5.92 Å². The van der Waals surface area contributed by atoms with Gasteiger partial charge in [-0.15, -0.1) is 0 Å². The zero-order valence-corrected chi connectivity index (χ0v) is 9.98. The van der Waals surface area contributed by atoms with Crippen LogP contribution in [0, 0.1) is 5.92 Å². The second-order valence-electron chi connectivity index (χ2n) is 4.84. The second kappa shape index (κ2) is 5.87. The molecule has 1 aromatic rings. The van der Waals surface area contributed by atoms with Gasteiger partial charge in [-0.1, -0.05) is 0 Å². The fourth-order valence-corrected chi connectivity index (χ4v) is 2.42. The summed E-state index contributed by atoms with van der Waals surface area (Å²) in [7, 11) is 0. The number of hydrogen-bond donors (Lipinski definition) is 3. The Kier molecular flexibility index (Phi) is 4.20. The Morgan fingerprint density at radius 2 is 2.18 bits per heavy atom. The van der Waals surface area contributed by atoms with E-state index in [4.69, 9.17) is 5.11 Å². The van der Waals surface area contributed by atoms with E-state index in [1.54, 1.807) is 0 Å². The van der Waals surface area contributed by atoms with Gasteiger partial charge in [-0.05, 0) is 43.7 Å². The molecule has 0 atom stereocenters. The molecule has 1 amide bonds. The molecule has 0 aromatic carbocycles. The Morgan fingerprint density at radius 1 is 1.41 bits per heavy atom. The fraction of sp³-hybridized carbons (Fsp3) is 0.615. The van der Waals surface area contributed by atoms with Crippen molar-refractivity contribution in [2.75, 3.05) is 6.61 Å². The van der Waals surface area contributed by atoms with E-state index in [1.807, 2.05) is 18.3 Å². The number of nitrogens with one attached hydrogen (secondary N) is 2. The first kappa shape index (κ1) is 12.2. The summed E-state index contributed by atoms with van der Waals surface area (Å²) in [6.45, 7) is 0.281. The van der Waals surface area contributed by atoms with E-state index >= 15 is 0 Å². The van der Waals surface area contributed by atoms with Gasteiger partial charge in [0.15, 0.2) is 0 Å². The number of hydrogen-bond acceptors (Lipinski definition) is 2. The molecule has 1 aliphatic rings. The number of carbonyl (C=O) groups excluding carboxylic acids is 1. The van der Waals surface area contributed by atoms with Crippen LogP contribution in [-0.4, -0.2) is 28.6 Å². The summed E-state index contributed by atoms with van der Waals surface area (Å²) in [6.07, 6.45) is 6.26. The van der Waals surface area contributed by atoms with Crippen LogP contribution in [-0.2, 0) is 11.2 Å². The summed E-state index contributed by atoms with van der Waals surface area (Å²) < 4.78 is 0. The van der Waals surface area contributed by atoms with Crippen molar-refractivity contribution in [3.63, 3.8) is 0 Å². The first-order valence-electron chi connectivity index (χ1n) is 6.30. The van der Waals surface area contributed by atoms with Crippen LogP contribution in [0.15, 0.2) is 18.3 Å². The lowest BCUT2D eigenvalue weighted by Gasteiger charge is -2.27. The third-order valence-corrected chi connectivity index (χ3v) is 3.48. The summed E-state index contributed by atoms with van der Waals surface area (Å²) in [4.78, 5) is 14.8. The third kappa shape index (κ3) is 3.60. The Hall–Kier alpha value is -1.29. The van der Waals surface area contributed by atoms with Gasteiger partial charge in [0.05, 0.1) is 6.42 Å². The summed E-state index contributed by atoms with van der Waals surface area (Å²) in [5.74, 6) is 0.520. The average Bonchev–Trinajstić information content (AvgIpc) is 2.82. The smallest absolute Gasteiger partial charge is 0.226 e. The van der Waals surface area contributed by atoms with Crippen molar-refractivity contribution in [3.05, 3.63) is 24.0 Å². The lowest BCUT2D eigenvalue weighted by Crippen LogP contribution is -2.38. The van der Waals surface area contributed by atoms with E-state index in [0.29, 0.717) is 18.4 Å². The minimum atomic E-state index is 0.0832. The van der Waals surface area contributed by atoms with Gasteiger partial charge in [0, 0.05) is 24.5 Å². The maximum atomic E-state index is 11.7. The van der Waals surface area contributed by atoms with E-state index in [1.165, 1.54) is 0 Å². The topological polar surface area (TPSA) is 65.1 Å². The van der Waals surface area contributed by atoms with E-state index < -0.39 is 0 Å². The zero-order chi connectivity index (χ0) is 12.1. The maximum Gasteiger partial charge on any atom is 0.226 e. The molecule has 17 heavy (non-hydrogen) atoms. The quantitative estimate of drug-likeness (QED) is 0.736. The molecule has 1 heterocycles. The summed E-state index contributed by atoms with van der Waals surface area (Å²) in [5, 5.41) is 12.1. The van der Waals surface area contributed by atoms with Crippen LogP contribution in [0.4, 0.5) is 0 Å². The van der Waals surface area contributed by atoms with Gasteiger partial charge in [0.25, 0.3) is 0 Å². The highest BCUT2D eigenvalue weighted by molar-refractivity contribution is 5.78. The number of rotatable bonds is 4. The summed E-state index contributed by atoms with van der Waals surface area (Å²) in [5.41, 5.74) is 0.951. The van der Waals surface area contributed by atoms with Gasteiger partial charge in [0.1, 0.15) is 0 Å². The van der Waals surface area contributed by atoms with Crippen LogP contribution >= 0.6 is 0 Å². The van der Waals surface area contributed by atoms with Gasteiger partial charge < -0.3 is 15.4 Å². The van der Waals surface area contributed by atoms with Crippen molar-refractivity contribution in [3.8, 4) is 0 Å². The number of aliphatic hydroxyl groups excluding tert-OH is 1. The lowest BCUT2D eigenvalue weighted by molar-refractivity contribution is -0.121. The second-order valence-corrected chi connectivity index (χ2v) is 4.84. The predicted molar refractivity (Wildman–Crippen MR) is 65.5 cm³/mol. The Morgan fingerprint density at radius 3 is 2.76 bits per heavy atom. The lowest BCUT2D eigenvalue weighted by atomic mass is 9.86. The number of amides is 1. The number of aliphatic hydroxyl groups is 1. The minimum Gasteiger partial charge on any atom is -0.396 e. The Labute approximate surface area is 101 Å². The first-order valence-corrected chi connectivity index (χ1v) is 6.30. The van der Waals surface area contributed by atoms with Gasteiger partial charge in [-0.3, -0.25) is 4.79 Å². The molecule has 0 radical (unpaired) electrons. The normalized spacial score (nSPS) is 24.5. The molecule has 4 nitrogen and oxygen atoms in total. The van der Waals surface area contributed by atoms with Crippen molar-refractivity contribution in [1.82, 2.24) is 10.3 Å². The molecule has 0 unspecified atom stereocenters. The Bertz CT molecular complexity index is 340. The van der Waals surface area contributed by atoms with Gasteiger partial charge >= 0.3 is 0 Å². The van der Waals surface area contributed by atoms with E-state index in [-0.39, 0.29) is 12.5 Å². The van der Waals surface area contributed by atoms with Crippen LogP contribution in [0.25, 0.3) is 0 Å². The van der Waals surface area contributed by atoms with Gasteiger partial charge in [0.2, 0.25) is 5.91 Å². The number of aromatic nitrogens is 1. The molecule has 0 spiro atoms. The maximum absolute atomic E-state index is 11.7. The highest BCUT2D eigenvalue weighted by Crippen LogP contribution is 2.23. The molecule has 1 aliphatic carbocycles. The van der Waals surface area contributed by atoms with Crippen molar-refractivity contribution >= 4 is 5.91 Å². The van der Waals surface area contributed by atoms with Crippen LogP contribution in [0.2, 0.25) is 0 Å². The molecule has 1 fully saturated rings. The van der Waals surface area contributed by atoms with Crippen LogP contribution in [0.1, 0.15) is 31.4 Å². The monoisotopic (exact) mass is 236 g/mol. The van der Waals surface area contributed by atoms with Crippen LogP contribution in [0.5, 0.6) is 0 Å². The SMILES string of the molecule is O=C(Cc1ccc[nH]1)NC1CCC(CO)CC1. The minimum absolute atomic E-state index is 0.0832. The summed E-state index contributed by atoms with van der Waals surface area (Å²) >= 11 is 0. The molecule has 2 rings (SSSR count). The molecule has 0 bridgehead atoms. The van der Waals surface area contributed by atoms with E-state index in [2.05, 4.69) is 10.3 Å². The molecule has 1 saturated carbocycles. The van der Waals surface area contributed by atoms with E-state index in [9.17, 15) is 4.79 Å². The highest BCUT2D eigenvalue weighted by Gasteiger charge is 2.21. The van der Waals surface area contributed by atoms with Gasteiger partial charge in [-0.25, -0.2) is 0 Å². The molecule has 1 aromatic heterocycles. The van der Waals surface area contributed by atoms with Crippen molar-refractivity contribution in [2.45, 2.75) is 38.1 Å². The molecular weight excluding hydrogens is 216 g/mol. The predicted octanol–water partition coefficient (Wildman–Crippen LogP) is 1.22. The molecule has 0 aliphatic heterocycles. The number of carbonyl (C=O) groups is 1. The number of H-pyrrole nitrogens is 1. The molecule has 3 N–H and O–H groups in total. The largest absolute Gasteiger partial charge is 0.396 e. The standard InChI is InChI=1S/C13H20N2O2/c16-9-10-3-5-11(6-4-10)15-13(17)8-12-2-1-7-14-12/h1-2,7,10-11,14,16H,3-6,8-9H2,(H,15,17). The highest BCUT2D eigenvalue weighted by atomic mass is 16.3. The van der Waals surface area contributed by atoms with Crippen molar-refractivity contribution < 1.29 is 9.90 Å². The van der Waals surface area contributed by atoms with Crippen LogP contribution < -0.4 is 5.32 Å². The van der Waals surface area contributed by atoms with Crippen molar-refractivity contribution in [1.29, 1.82) is 0 Å². The molecule has 4 heteroatoms. The van der Waals surface area contributed by atoms with E-state index in [0.717, 1.165) is 31.4 Å². The summed E-state index contributed by atoms with van der Waals surface area (Å²) in [6, 6.07) is 4.11. The molecule has 94 valence electrons. The Balaban J connectivity index is 1.72. The molecular formula is C13H20N2O2. The first-order chi connectivity index (χ1) is 8.28. The van der Waals surface area contributed by atoms with Gasteiger partial charge in [-0.2, -0.15) is 0 Å². The van der Waals surface area contributed by atoms with Crippen LogP contribution in [0.3, 0.4) is 0 Å². The fourth-order valence-electron chi connectivity index (χ4n) is 2.42. The number of aromatic amines is 1. The molecule has 0 saturated heterocycles. The zero-order valence-electron chi connectivity index (χ0n) is 9.98.